The minimum Gasteiger partial charge on any atom is -0.459 e. The van der Waals surface area contributed by atoms with Gasteiger partial charge in [0.15, 0.2) is 8.32 Å². The van der Waals surface area contributed by atoms with E-state index in [-0.39, 0.29) is 23.4 Å². The first kappa shape index (κ1) is 24.9. The van der Waals surface area contributed by atoms with Gasteiger partial charge in [0.1, 0.15) is 18.5 Å². The van der Waals surface area contributed by atoms with E-state index in [0.717, 1.165) is 22.3 Å². The van der Waals surface area contributed by atoms with Crippen LogP contribution in [0, 0.1) is 5.82 Å². The molecular formula is C28H33FO3Si. The monoisotopic (exact) mass is 464 g/mol. The second-order valence-electron chi connectivity index (χ2n) is 9.87. The molecule has 0 aliphatic heterocycles. The second kappa shape index (κ2) is 10.4. The molecule has 3 nitrogen and oxygen atoms in total. The third kappa shape index (κ3) is 6.86. The average molecular weight is 465 g/mol. The molecule has 0 amide bonds. The van der Waals surface area contributed by atoms with E-state index in [1.54, 1.807) is 12.1 Å². The van der Waals surface area contributed by atoms with Gasteiger partial charge in [-0.1, -0.05) is 87.5 Å². The highest BCUT2D eigenvalue weighted by Gasteiger charge is 2.41. The Morgan fingerprint density at radius 1 is 0.848 bits per heavy atom. The number of esters is 1. The molecule has 1 atom stereocenters. The minimum absolute atomic E-state index is 0.0304. The van der Waals surface area contributed by atoms with Gasteiger partial charge in [-0.2, -0.15) is 0 Å². The zero-order valence-electron chi connectivity index (χ0n) is 20.1. The van der Waals surface area contributed by atoms with Crippen molar-refractivity contribution in [3.05, 3.63) is 95.8 Å². The van der Waals surface area contributed by atoms with Gasteiger partial charge in [-0.3, -0.25) is 0 Å². The summed E-state index contributed by atoms with van der Waals surface area (Å²) in [5.74, 6) is -0.596. The molecule has 0 heterocycles. The number of rotatable bonds is 8. The molecular weight excluding hydrogens is 431 g/mol. The van der Waals surface area contributed by atoms with Crippen LogP contribution in [0.15, 0.2) is 78.9 Å². The van der Waals surface area contributed by atoms with Gasteiger partial charge in [-0.25, -0.2) is 9.18 Å². The largest absolute Gasteiger partial charge is 0.459 e. The van der Waals surface area contributed by atoms with E-state index in [1.165, 1.54) is 12.1 Å². The Balaban J connectivity index is 1.76. The standard InChI is InChI=1S/C28H33FO3Si/c1-28(2,3)33(4,5)32-26(27(30)31-20-22-9-7-6-8-10-22)19-21-11-13-23(14-12-21)24-15-17-25(29)18-16-24/h6-18,26H,19-20H2,1-5H3/t26-/m1/s1. The Morgan fingerprint density at radius 2 is 1.39 bits per heavy atom. The summed E-state index contributed by atoms with van der Waals surface area (Å²) in [4.78, 5) is 13.1. The quantitative estimate of drug-likeness (QED) is 0.262. The third-order valence-corrected chi connectivity index (χ3v) is 10.8. The fraction of sp³-hybridized carbons (Fsp3) is 0.321. The summed E-state index contributed by atoms with van der Waals surface area (Å²) in [6, 6.07) is 24.0. The molecule has 0 fully saturated rings. The summed E-state index contributed by atoms with van der Waals surface area (Å²) < 4.78 is 25.4. The lowest BCUT2D eigenvalue weighted by atomic mass is 10.0. The molecule has 5 heteroatoms. The van der Waals surface area contributed by atoms with E-state index in [4.69, 9.17) is 9.16 Å². The lowest BCUT2D eigenvalue weighted by molar-refractivity contribution is -0.153. The predicted molar refractivity (Wildman–Crippen MR) is 134 cm³/mol. The highest BCUT2D eigenvalue weighted by Crippen LogP contribution is 2.38. The van der Waals surface area contributed by atoms with E-state index in [1.807, 2.05) is 54.6 Å². The van der Waals surface area contributed by atoms with Crippen molar-refractivity contribution in [1.29, 1.82) is 0 Å². The fourth-order valence-corrected chi connectivity index (χ4v) is 4.46. The zero-order valence-corrected chi connectivity index (χ0v) is 21.1. The molecule has 0 aliphatic carbocycles. The van der Waals surface area contributed by atoms with Gasteiger partial charge in [0, 0.05) is 6.42 Å². The number of halogens is 1. The summed E-state index contributed by atoms with van der Waals surface area (Å²) in [6.07, 6.45) is -0.240. The molecule has 174 valence electrons. The molecule has 0 unspecified atom stereocenters. The highest BCUT2D eigenvalue weighted by molar-refractivity contribution is 6.74. The van der Waals surface area contributed by atoms with E-state index in [2.05, 4.69) is 33.9 Å². The zero-order chi connectivity index (χ0) is 24.1. The molecule has 3 rings (SSSR count). The van der Waals surface area contributed by atoms with Crippen molar-refractivity contribution < 1.29 is 18.3 Å². The summed E-state index contributed by atoms with van der Waals surface area (Å²) >= 11 is 0. The SMILES string of the molecule is CC(C)(C)[Si](C)(C)O[C@H](Cc1ccc(-c2ccc(F)cc2)cc1)C(=O)OCc1ccccc1. The molecule has 0 aliphatic rings. The van der Waals surface area contributed by atoms with E-state index >= 15 is 0 Å². The fourth-order valence-electron chi connectivity index (χ4n) is 3.22. The van der Waals surface area contributed by atoms with Crippen LogP contribution >= 0.6 is 0 Å². The van der Waals surface area contributed by atoms with Crippen LogP contribution in [0.3, 0.4) is 0 Å². The van der Waals surface area contributed by atoms with Crippen molar-refractivity contribution in [2.75, 3.05) is 0 Å². The van der Waals surface area contributed by atoms with Crippen molar-refractivity contribution in [3.63, 3.8) is 0 Å². The lowest BCUT2D eigenvalue weighted by Gasteiger charge is -2.38. The van der Waals surface area contributed by atoms with Crippen molar-refractivity contribution >= 4 is 14.3 Å². The van der Waals surface area contributed by atoms with Gasteiger partial charge in [-0.05, 0) is 52.5 Å². The number of carbonyl (C=O) groups is 1. The second-order valence-corrected chi connectivity index (χ2v) is 14.6. The summed E-state index contributed by atoms with van der Waals surface area (Å²) in [5, 5.41) is -0.0304. The topological polar surface area (TPSA) is 35.5 Å². The molecule has 0 saturated carbocycles. The van der Waals surface area contributed by atoms with Gasteiger partial charge < -0.3 is 9.16 Å². The number of benzene rings is 3. The van der Waals surface area contributed by atoms with Gasteiger partial charge in [0.2, 0.25) is 0 Å². The summed E-state index contributed by atoms with van der Waals surface area (Å²) in [5.41, 5.74) is 3.87. The molecule has 0 bridgehead atoms. The van der Waals surface area contributed by atoms with Crippen LogP contribution in [0.4, 0.5) is 4.39 Å². The normalized spacial score (nSPS) is 12.9. The van der Waals surface area contributed by atoms with Crippen molar-refractivity contribution in [3.8, 4) is 11.1 Å². The Labute approximate surface area is 197 Å². The van der Waals surface area contributed by atoms with Gasteiger partial charge in [-0.15, -0.1) is 0 Å². The van der Waals surface area contributed by atoms with Crippen LogP contribution in [0.2, 0.25) is 18.1 Å². The predicted octanol–water partition coefficient (Wildman–Crippen LogP) is 7.17. The van der Waals surface area contributed by atoms with E-state index in [0.29, 0.717) is 6.42 Å². The van der Waals surface area contributed by atoms with E-state index < -0.39 is 14.4 Å². The van der Waals surface area contributed by atoms with Crippen LogP contribution in [0.5, 0.6) is 0 Å². The van der Waals surface area contributed by atoms with Crippen LogP contribution in [-0.2, 0) is 27.0 Å². The Morgan fingerprint density at radius 3 is 1.94 bits per heavy atom. The summed E-state index contributed by atoms with van der Waals surface area (Å²) in [6.45, 7) is 11.0. The van der Waals surface area contributed by atoms with Crippen molar-refractivity contribution in [2.24, 2.45) is 0 Å². The first-order valence-electron chi connectivity index (χ1n) is 11.3. The lowest BCUT2D eigenvalue weighted by Crippen LogP contribution is -2.47. The Hall–Kier alpha value is -2.76. The molecule has 0 spiro atoms. The average Bonchev–Trinajstić information content (AvgIpc) is 2.78. The minimum atomic E-state index is -2.20. The number of hydrogen-bond donors (Lipinski definition) is 0. The maximum absolute atomic E-state index is 13.2. The van der Waals surface area contributed by atoms with Gasteiger partial charge >= 0.3 is 5.97 Å². The first-order valence-corrected chi connectivity index (χ1v) is 14.2. The first-order chi connectivity index (χ1) is 15.5. The number of hydrogen-bond acceptors (Lipinski definition) is 3. The Bertz CT molecular complexity index is 1040. The number of carbonyl (C=O) groups excluding carboxylic acids is 1. The third-order valence-electron chi connectivity index (χ3n) is 6.28. The Kier molecular flexibility index (Phi) is 7.87. The van der Waals surface area contributed by atoms with Crippen LogP contribution < -0.4 is 0 Å². The van der Waals surface area contributed by atoms with Crippen LogP contribution in [-0.4, -0.2) is 20.4 Å². The maximum Gasteiger partial charge on any atom is 0.334 e. The number of ether oxygens (including phenoxy) is 1. The highest BCUT2D eigenvalue weighted by atomic mass is 28.4. The van der Waals surface area contributed by atoms with Crippen molar-refractivity contribution in [1.82, 2.24) is 0 Å². The molecule has 0 saturated heterocycles. The van der Waals surface area contributed by atoms with Crippen molar-refractivity contribution in [2.45, 2.75) is 58.0 Å². The van der Waals surface area contributed by atoms with Crippen LogP contribution in [0.1, 0.15) is 31.9 Å². The molecule has 33 heavy (non-hydrogen) atoms. The maximum atomic E-state index is 13.2. The smallest absolute Gasteiger partial charge is 0.334 e. The summed E-state index contributed by atoms with van der Waals surface area (Å²) in [7, 11) is -2.20. The molecule has 3 aromatic rings. The molecule has 0 N–H and O–H groups in total. The molecule has 0 radical (unpaired) electrons. The molecule has 3 aromatic carbocycles. The van der Waals surface area contributed by atoms with Gasteiger partial charge in [0.05, 0.1) is 0 Å². The van der Waals surface area contributed by atoms with Gasteiger partial charge in [0.25, 0.3) is 0 Å². The molecule has 0 aromatic heterocycles. The van der Waals surface area contributed by atoms with E-state index in [9.17, 15) is 9.18 Å². The van der Waals surface area contributed by atoms with Crippen LogP contribution in [0.25, 0.3) is 11.1 Å².